The number of nitrogens with zero attached hydrogens (tertiary/aromatic N) is 4. The molecule has 2 aromatic rings. The number of anilines is 1. The monoisotopic (exact) mass is 481 g/mol. The van der Waals surface area contributed by atoms with Gasteiger partial charge in [-0.25, -0.2) is 9.37 Å². The second-order valence-electron chi connectivity index (χ2n) is 10.1. The predicted octanol–water partition coefficient (Wildman–Crippen LogP) is 4.15. The standard InChI is InChI=1S/C28H40FN5O/c1-5-24-19-33(27-21(4)16-23(17-31-27)28(35)30-6-2)13-14-34(24)25-9-11-32(12-10-25)18-22-8-7-20(3)15-26(22)29/h7-8,15-17,24-25H,5-6,9-14,18-19H2,1-4H3,(H,30,35). The zero-order valence-corrected chi connectivity index (χ0v) is 21.7. The molecule has 1 unspecified atom stereocenters. The summed E-state index contributed by atoms with van der Waals surface area (Å²) in [4.78, 5) is 24.3. The number of aromatic nitrogens is 1. The Morgan fingerprint density at radius 1 is 1.11 bits per heavy atom. The summed E-state index contributed by atoms with van der Waals surface area (Å²) in [6.45, 7) is 14.4. The minimum atomic E-state index is -0.0859. The lowest BCUT2D eigenvalue weighted by Gasteiger charge is -2.48. The predicted molar refractivity (Wildman–Crippen MR) is 139 cm³/mol. The number of hydrogen-bond donors (Lipinski definition) is 1. The fourth-order valence-electron chi connectivity index (χ4n) is 5.62. The van der Waals surface area contributed by atoms with Gasteiger partial charge in [-0.05, 0) is 76.4 Å². The number of carbonyl (C=O) groups excluding carboxylic acids is 1. The Kier molecular flexibility index (Phi) is 8.39. The molecule has 1 N–H and O–H groups in total. The van der Waals surface area contributed by atoms with Gasteiger partial charge in [0.15, 0.2) is 0 Å². The molecule has 2 fully saturated rings. The molecule has 1 aromatic carbocycles. The van der Waals surface area contributed by atoms with E-state index in [1.165, 1.54) is 0 Å². The largest absolute Gasteiger partial charge is 0.354 e. The number of carbonyl (C=O) groups is 1. The van der Waals surface area contributed by atoms with E-state index in [0.717, 1.165) is 74.5 Å². The van der Waals surface area contributed by atoms with Gasteiger partial charge in [-0.2, -0.15) is 0 Å². The quantitative estimate of drug-likeness (QED) is 0.644. The van der Waals surface area contributed by atoms with E-state index in [4.69, 9.17) is 0 Å². The number of hydrogen-bond acceptors (Lipinski definition) is 5. The maximum absolute atomic E-state index is 14.3. The van der Waals surface area contributed by atoms with Crippen LogP contribution in [0.5, 0.6) is 0 Å². The van der Waals surface area contributed by atoms with Crippen molar-refractivity contribution in [3.8, 4) is 0 Å². The zero-order valence-electron chi connectivity index (χ0n) is 21.7. The maximum atomic E-state index is 14.3. The van der Waals surface area contributed by atoms with Crippen molar-refractivity contribution in [3.05, 3.63) is 58.5 Å². The second kappa shape index (κ2) is 11.5. The van der Waals surface area contributed by atoms with Crippen molar-refractivity contribution < 1.29 is 9.18 Å². The van der Waals surface area contributed by atoms with Gasteiger partial charge < -0.3 is 10.2 Å². The first-order valence-corrected chi connectivity index (χ1v) is 13.1. The van der Waals surface area contributed by atoms with Crippen LogP contribution in [-0.2, 0) is 6.54 Å². The number of aryl methyl sites for hydroxylation is 2. The van der Waals surface area contributed by atoms with Crippen molar-refractivity contribution in [2.45, 2.75) is 65.6 Å². The molecule has 35 heavy (non-hydrogen) atoms. The molecule has 2 aliphatic heterocycles. The molecule has 3 heterocycles. The molecule has 0 radical (unpaired) electrons. The van der Waals surface area contributed by atoms with Crippen LogP contribution in [-0.4, -0.2) is 72.0 Å². The molecule has 0 bridgehead atoms. The number of amides is 1. The lowest BCUT2D eigenvalue weighted by molar-refractivity contribution is 0.0607. The number of halogens is 1. The topological polar surface area (TPSA) is 51.7 Å². The number of likely N-dealkylation sites (tertiary alicyclic amines) is 1. The summed E-state index contributed by atoms with van der Waals surface area (Å²) in [6.07, 6.45) is 5.06. The lowest BCUT2D eigenvalue weighted by Crippen LogP contribution is -2.58. The number of rotatable bonds is 7. The van der Waals surface area contributed by atoms with E-state index < -0.39 is 0 Å². The van der Waals surface area contributed by atoms with Gasteiger partial charge in [-0.1, -0.05) is 19.1 Å². The summed E-state index contributed by atoms with van der Waals surface area (Å²) in [5.41, 5.74) is 3.44. The van der Waals surface area contributed by atoms with Crippen molar-refractivity contribution >= 4 is 11.7 Å². The summed E-state index contributed by atoms with van der Waals surface area (Å²) in [7, 11) is 0. The Morgan fingerprint density at radius 2 is 1.89 bits per heavy atom. The molecule has 6 nitrogen and oxygen atoms in total. The molecule has 1 aromatic heterocycles. The first-order chi connectivity index (χ1) is 16.9. The van der Waals surface area contributed by atoms with Gasteiger partial charge in [0.2, 0.25) is 0 Å². The maximum Gasteiger partial charge on any atom is 0.252 e. The summed E-state index contributed by atoms with van der Waals surface area (Å²) in [5.74, 6) is 0.839. The van der Waals surface area contributed by atoms with Crippen LogP contribution in [0.3, 0.4) is 0 Å². The number of pyridine rings is 1. The molecule has 4 rings (SSSR count). The summed E-state index contributed by atoms with van der Waals surface area (Å²) >= 11 is 0. The van der Waals surface area contributed by atoms with Crippen LogP contribution in [0, 0.1) is 19.7 Å². The van der Waals surface area contributed by atoms with E-state index in [1.807, 2.05) is 39.0 Å². The van der Waals surface area contributed by atoms with Gasteiger partial charge in [0, 0.05) is 56.6 Å². The molecule has 0 saturated carbocycles. The fraction of sp³-hybridized carbons (Fsp3) is 0.571. The van der Waals surface area contributed by atoms with Gasteiger partial charge in [0.1, 0.15) is 11.6 Å². The van der Waals surface area contributed by atoms with Gasteiger partial charge in [-0.3, -0.25) is 14.6 Å². The van der Waals surface area contributed by atoms with E-state index in [-0.39, 0.29) is 11.7 Å². The highest BCUT2D eigenvalue weighted by Gasteiger charge is 2.34. The average molecular weight is 482 g/mol. The van der Waals surface area contributed by atoms with Crippen LogP contribution in [0.25, 0.3) is 0 Å². The van der Waals surface area contributed by atoms with Crippen LogP contribution in [0.4, 0.5) is 10.2 Å². The van der Waals surface area contributed by atoms with E-state index in [1.54, 1.807) is 12.3 Å². The van der Waals surface area contributed by atoms with Gasteiger partial charge in [-0.15, -0.1) is 0 Å². The first kappa shape index (κ1) is 25.6. The molecule has 2 saturated heterocycles. The zero-order chi connectivity index (χ0) is 24.9. The van der Waals surface area contributed by atoms with Crippen LogP contribution < -0.4 is 10.2 Å². The van der Waals surface area contributed by atoms with Gasteiger partial charge in [0.05, 0.1) is 5.56 Å². The molecule has 1 amide bonds. The van der Waals surface area contributed by atoms with Crippen LogP contribution >= 0.6 is 0 Å². The Labute approximate surface area is 209 Å². The molecule has 190 valence electrons. The fourth-order valence-corrected chi connectivity index (χ4v) is 5.62. The summed E-state index contributed by atoms with van der Waals surface area (Å²) in [6, 6.07) is 8.59. The third-order valence-electron chi connectivity index (χ3n) is 7.58. The number of piperazine rings is 1. The highest BCUT2D eigenvalue weighted by atomic mass is 19.1. The van der Waals surface area contributed by atoms with Crippen molar-refractivity contribution in [1.82, 2.24) is 20.1 Å². The van der Waals surface area contributed by atoms with Crippen molar-refractivity contribution in [2.75, 3.05) is 44.2 Å². The highest BCUT2D eigenvalue weighted by molar-refractivity contribution is 5.94. The molecule has 7 heteroatoms. The van der Waals surface area contributed by atoms with Crippen LogP contribution in [0.2, 0.25) is 0 Å². The second-order valence-corrected chi connectivity index (χ2v) is 10.1. The van der Waals surface area contributed by atoms with E-state index in [9.17, 15) is 9.18 Å². The Morgan fingerprint density at radius 3 is 2.54 bits per heavy atom. The summed E-state index contributed by atoms with van der Waals surface area (Å²) in [5, 5.41) is 2.85. The van der Waals surface area contributed by atoms with Crippen LogP contribution in [0.1, 0.15) is 60.2 Å². The minimum absolute atomic E-state index is 0.0673. The molecule has 0 aliphatic carbocycles. The van der Waals surface area contributed by atoms with E-state index in [2.05, 4.69) is 31.9 Å². The molecular weight excluding hydrogens is 441 g/mol. The summed E-state index contributed by atoms with van der Waals surface area (Å²) < 4.78 is 14.3. The Bertz CT molecular complexity index is 1020. The SMILES string of the molecule is CCNC(=O)c1cnc(N2CCN(C3CCN(Cc4ccc(C)cc4F)CC3)C(CC)C2)c(C)c1. The number of piperidine rings is 1. The Hall–Kier alpha value is -2.51. The Balaban J connectivity index is 1.34. The minimum Gasteiger partial charge on any atom is -0.354 e. The molecule has 2 aliphatic rings. The van der Waals surface area contributed by atoms with E-state index in [0.29, 0.717) is 30.7 Å². The van der Waals surface area contributed by atoms with Gasteiger partial charge >= 0.3 is 0 Å². The van der Waals surface area contributed by atoms with Crippen LogP contribution in [0.15, 0.2) is 30.5 Å². The highest BCUT2D eigenvalue weighted by Crippen LogP contribution is 2.28. The van der Waals surface area contributed by atoms with Crippen molar-refractivity contribution in [2.24, 2.45) is 0 Å². The number of nitrogens with one attached hydrogen (secondary N) is 1. The van der Waals surface area contributed by atoms with Crippen molar-refractivity contribution in [3.63, 3.8) is 0 Å². The average Bonchev–Trinajstić information content (AvgIpc) is 2.86. The molecule has 0 spiro atoms. The first-order valence-electron chi connectivity index (χ1n) is 13.1. The third kappa shape index (κ3) is 6.01. The molecule has 1 atom stereocenters. The van der Waals surface area contributed by atoms with Gasteiger partial charge in [0.25, 0.3) is 5.91 Å². The smallest absolute Gasteiger partial charge is 0.252 e. The lowest BCUT2D eigenvalue weighted by atomic mass is 9.97. The third-order valence-corrected chi connectivity index (χ3v) is 7.58. The molecular formula is C28H40FN5O. The van der Waals surface area contributed by atoms with E-state index >= 15 is 0 Å². The van der Waals surface area contributed by atoms with Crippen molar-refractivity contribution in [1.29, 1.82) is 0 Å². The number of benzene rings is 1. The normalized spacial score (nSPS) is 20.3.